The third kappa shape index (κ3) is 2.16. The number of rotatable bonds is 1. The van der Waals surface area contributed by atoms with Crippen LogP contribution >= 0.6 is 11.6 Å². The highest BCUT2D eigenvalue weighted by atomic mass is 35.5. The van der Waals surface area contributed by atoms with Crippen LogP contribution in [0.5, 0.6) is 0 Å². The van der Waals surface area contributed by atoms with Gasteiger partial charge in [0.25, 0.3) is 0 Å². The van der Waals surface area contributed by atoms with Crippen molar-refractivity contribution in [2.24, 2.45) is 0 Å². The van der Waals surface area contributed by atoms with E-state index in [1.165, 1.54) is 17.7 Å². The minimum Gasteiger partial charge on any atom is -0.440 e. The zero-order valence-corrected chi connectivity index (χ0v) is 11.8. The van der Waals surface area contributed by atoms with Gasteiger partial charge in [0, 0.05) is 18.3 Å². The van der Waals surface area contributed by atoms with Gasteiger partial charge in [0.2, 0.25) is 5.89 Å². The van der Waals surface area contributed by atoms with Crippen molar-refractivity contribution < 1.29 is 8.81 Å². The Labute approximate surface area is 125 Å². The van der Waals surface area contributed by atoms with Crippen LogP contribution in [0.1, 0.15) is 17.4 Å². The Morgan fingerprint density at radius 3 is 3.05 bits per heavy atom. The van der Waals surface area contributed by atoms with E-state index in [9.17, 15) is 4.39 Å². The third-order valence-electron chi connectivity index (χ3n) is 3.82. The van der Waals surface area contributed by atoms with Crippen LogP contribution in [-0.4, -0.2) is 11.5 Å². The molecule has 2 aromatic carbocycles. The van der Waals surface area contributed by atoms with E-state index in [-0.39, 0.29) is 10.9 Å². The van der Waals surface area contributed by atoms with Gasteiger partial charge in [0.15, 0.2) is 5.58 Å². The molecule has 4 rings (SSSR count). The van der Waals surface area contributed by atoms with Crippen molar-refractivity contribution in [2.75, 3.05) is 11.9 Å². The fraction of sp³-hybridized carbons (Fsp3) is 0.188. The number of fused-ring (bicyclic) bond motifs is 2. The predicted octanol–water partition coefficient (Wildman–Crippen LogP) is 4.37. The average Bonchev–Trinajstić information content (AvgIpc) is 2.90. The number of oxazole rings is 1. The van der Waals surface area contributed by atoms with Crippen LogP contribution in [0.2, 0.25) is 5.02 Å². The van der Waals surface area contributed by atoms with Gasteiger partial charge < -0.3 is 9.73 Å². The third-order valence-corrected chi connectivity index (χ3v) is 4.11. The maximum Gasteiger partial charge on any atom is 0.200 e. The maximum absolute atomic E-state index is 13.5. The Morgan fingerprint density at radius 2 is 2.14 bits per heavy atom. The topological polar surface area (TPSA) is 38.1 Å². The Bertz CT molecular complexity index is 791. The summed E-state index contributed by atoms with van der Waals surface area (Å²) >= 11 is 5.78. The SMILES string of the molecule is Fc1cc2oc(C3CNc4ccccc4C3)nc2cc1Cl. The lowest BCUT2D eigenvalue weighted by Gasteiger charge is -2.23. The summed E-state index contributed by atoms with van der Waals surface area (Å²) in [4.78, 5) is 4.45. The van der Waals surface area contributed by atoms with Crippen LogP contribution < -0.4 is 5.32 Å². The second kappa shape index (κ2) is 4.74. The number of aromatic nitrogens is 1. The van der Waals surface area contributed by atoms with Crippen molar-refractivity contribution in [3.05, 3.63) is 58.7 Å². The van der Waals surface area contributed by atoms with Crippen molar-refractivity contribution >= 4 is 28.4 Å². The molecule has 1 aromatic heterocycles. The highest BCUT2D eigenvalue weighted by molar-refractivity contribution is 6.31. The van der Waals surface area contributed by atoms with Gasteiger partial charge in [-0.1, -0.05) is 29.8 Å². The first kappa shape index (κ1) is 12.7. The van der Waals surface area contributed by atoms with E-state index in [4.69, 9.17) is 16.0 Å². The lowest BCUT2D eigenvalue weighted by Crippen LogP contribution is -2.21. The highest BCUT2D eigenvalue weighted by Gasteiger charge is 2.24. The number of para-hydroxylation sites is 1. The number of hydrogen-bond acceptors (Lipinski definition) is 3. The van der Waals surface area contributed by atoms with Crippen molar-refractivity contribution in [1.82, 2.24) is 4.98 Å². The molecule has 106 valence electrons. The maximum atomic E-state index is 13.5. The van der Waals surface area contributed by atoms with E-state index in [0.717, 1.165) is 18.7 Å². The van der Waals surface area contributed by atoms with E-state index < -0.39 is 5.82 Å². The van der Waals surface area contributed by atoms with E-state index in [0.29, 0.717) is 17.0 Å². The molecule has 0 amide bonds. The summed E-state index contributed by atoms with van der Waals surface area (Å²) in [5.41, 5.74) is 3.42. The van der Waals surface area contributed by atoms with Gasteiger partial charge >= 0.3 is 0 Å². The van der Waals surface area contributed by atoms with Crippen LogP contribution in [0.4, 0.5) is 10.1 Å². The van der Waals surface area contributed by atoms with Gasteiger partial charge in [0.05, 0.1) is 10.9 Å². The molecule has 0 radical (unpaired) electrons. The molecule has 0 bridgehead atoms. The number of benzene rings is 2. The van der Waals surface area contributed by atoms with Crippen molar-refractivity contribution in [3.8, 4) is 0 Å². The van der Waals surface area contributed by atoms with E-state index in [2.05, 4.69) is 22.4 Å². The summed E-state index contributed by atoms with van der Waals surface area (Å²) in [5.74, 6) is 0.266. The number of nitrogens with zero attached hydrogens (tertiary/aromatic N) is 1. The van der Waals surface area contributed by atoms with E-state index in [1.807, 2.05) is 12.1 Å². The Balaban J connectivity index is 1.71. The second-order valence-corrected chi connectivity index (χ2v) is 5.63. The molecule has 0 saturated carbocycles. The molecule has 21 heavy (non-hydrogen) atoms. The van der Waals surface area contributed by atoms with Gasteiger partial charge in [-0.3, -0.25) is 0 Å². The molecule has 1 atom stereocenters. The molecule has 1 unspecified atom stereocenters. The Hall–Kier alpha value is -2.07. The van der Waals surface area contributed by atoms with E-state index >= 15 is 0 Å². The predicted molar refractivity (Wildman–Crippen MR) is 80.4 cm³/mol. The van der Waals surface area contributed by atoms with Gasteiger partial charge in [-0.05, 0) is 24.1 Å². The van der Waals surface area contributed by atoms with Crippen LogP contribution in [0, 0.1) is 5.82 Å². The second-order valence-electron chi connectivity index (χ2n) is 5.23. The van der Waals surface area contributed by atoms with Crippen LogP contribution in [0.3, 0.4) is 0 Å². The molecule has 3 nitrogen and oxygen atoms in total. The first-order chi connectivity index (χ1) is 10.2. The molecule has 2 heterocycles. The molecule has 0 aliphatic carbocycles. The summed E-state index contributed by atoms with van der Waals surface area (Å²) in [6.07, 6.45) is 0.853. The number of anilines is 1. The zero-order chi connectivity index (χ0) is 14.4. The lowest BCUT2D eigenvalue weighted by atomic mass is 9.94. The van der Waals surface area contributed by atoms with Crippen LogP contribution in [0.15, 0.2) is 40.8 Å². The lowest BCUT2D eigenvalue weighted by molar-refractivity contribution is 0.470. The van der Waals surface area contributed by atoms with Crippen molar-refractivity contribution in [2.45, 2.75) is 12.3 Å². The first-order valence-electron chi connectivity index (χ1n) is 6.78. The Kier molecular flexibility index (Phi) is 2.86. The molecule has 0 fully saturated rings. The first-order valence-corrected chi connectivity index (χ1v) is 7.16. The standard InChI is InChI=1S/C16H12ClFN2O/c17-11-6-14-15(7-12(11)18)21-16(20-14)10-5-9-3-1-2-4-13(9)19-8-10/h1-4,6-7,10,19H,5,8H2. The normalized spacial score (nSPS) is 17.5. The molecule has 1 aliphatic rings. The minimum atomic E-state index is -0.487. The Morgan fingerprint density at radius 1 is 1.29 bits per heavy atom. The van der Waals surface area contributed by atoms with E-state index in [1.54, 1.807) is 0 Å². The van der Waals surface area contributed by atoms with Crippen molar-refractivity contribution in [1.29, 1.82) is 0 Å². The zero-order valence-electron chi connectivity index (χ0n) is 11.1. The smallest absolute Gasteiger partial charge is 0.200 e. The van der Waals surface area contributed by atoms with Gasteiger partial charge in [0.1, 0.15) is 11.3 Å². The molecule has 0 saturated heterocycles. The summed E-state index contributed by atoms with van der Waals surface area (Å²) in [6, 6.07) is 11.0. The quantitative estimate of drug-likeness (QED) is 0.725. The fourth-order valence-electron chi connectivity index (χ4n) is 2.73. The van der Waals surface area contributed by atoms with Crippen LogP contribution in [0.25, 0.3) is 11.1 Å². The summed E-state index contributed by atoms with van der Waals surface area (Å²) in [6.45, 7) is 0.750. The van der Waals surface area contributed by atoms with Gasteiger partial charge in [-0.2, -0.15) is 0 Å². The average molecular weight is 303 g/mol. The van der Waals surface area contributed by atoms with Crippen molar-refractivity contribution in [3.63, 3.8) is 0 Å². The number of nitrogens with one attached hydrogen (secondary N) is 1. The summed E-state index contributed by atoms with van der Waals surface area (Å²) < 4.78 is 19.2. The van der Waals surface area contributed by atoms with Gasteiger partial charge in [-0.25, -0.2) is 9.37 Å². The molecule has 5 heteroatoms. The minimum absolute atomic E-state index is 0.0643. The molecule has 1 aliphatic heterocycles. The molecule has 1 N–H and O–H groups in total. The van der Waals surface area contributed by atoms with Crippen LogP contribution in [-0.2, 0) is 6.42 Å². The number of hydrogen-bond donors (Lipinski definition) is 1. The molecular formula is C16H12ClFN2O. The number of halogens is 2. The summed E-state index contributed by atoms with van der Waals surface area (Å²) in [7, 11) is 0. The largest absolute Gasteiger partial charge is 0.440 e. The molecule has 0 spiro atoms. The summed E-state index contributed by atoms with van der Waals surface area (Å²) in [5, 5.41) is 3.44. The highest BCUT2D eigenvalue weighted by Crippen LogP contribution is 2.32. The molecular weight excluding hydrogens is 291 g/mol. The molecule has 3 aromatic rings. The van der Waals surface area contributed by atoms with Gasteiger partial charge in [-0.15, -0.1) is 0 Å². The fourth-order valence-corrected chi connectivity index (χ4v) is 2.89. The monoisotopic (exact) mass is 302 g/mol.